The first kappa shape index (κ1) is 23.5. The summed E-state index contributed by atoms with van der Waals surface area (Å²) < 4.78 is 7.10. The number of benzene rings is 2. The average molecular weight is 532 g/mol. The molecular weight excluding hydrogens is 510 g/mol. The molecule has 4 aromatic rings. The molecule has 0 bridgehead atoms. The van der Waals surface area contributed by atoms with Crippen LogP contribution in [0, 0.1) is 12.8 Å². The lowest BCUT2D eigenvalue weighted by Gasteiger charge is -2.29. The molecule has 1 N–H and O–H groups in total. The second kappa shape index (κ2) is 9.20. The van der Waals surface area contributed by atoms with E-state index < -0.39 is 17.1 Å². The van der Waals surface area contributed by atoms with Gasteiger partial charge in [0.2, 0.25) is 17.7 Å². The van der Waals surface area contributed by atoms with Crippen LogP contribution in [-0.4, -0.2) is 27.5 Å². The third-order valence-corrected chi connectivity index (χ3v) is 9.12. The van der Waals surface area contributed by atoms with E-state index in [0.717, 1.165) is 16.9 Å². The van der Waals surface area contributed by atoms with Gasteiger partial charge in [0.15, 0.2) is 0 Å². The smallest absolute Gasteiger partial charge is 0.308 e. The Balaban J connectivity index is 1.39. The van der Waals surface area contributed by atoms with Crippen molar-refractivity contribution in [1.29, 1.82) is 0 Å². The summed E-state index contributed by atoms with van der Waals surface area (Å²) in [6, 6.07) is 19.7. The number of amides is 3. The van der Waals surface area contributed by atoms with Crippen LogP contribution < -0.4 is 15.1 Å². The number of thiazole rings is 1. The molecule has 0 saturated carbocycles. The molecule has 3 atom stereocenters. The van der Waals surface area contributed by atoms with Crippen molar-refractivity contribution in [2.24, 2.45) is 5.92 Å². The molecule has 2 aromatic heterocycles. The number of aryl methyl sites for hydroxylation is 1. The maximum absolute atomic E-state index is 13.7. The Morgan fingerprint density at radius 3 is 2.54 bits per heavy atom. The summed E-state index contributed by atoms with van der Waals surface area (Å²) in [6.45, 7) is 1.72. The SMILES string of the molecule is Cc1cccc(NC(=O)Cn2c3c(sc2=O)[C@@H](c2ccco2)[C@@H]2C(=O)N(c4ccccc4)C(=O)[C@@H]2S3)c1. The van der Waals surface area contributed by atoms with Crippen molar-refractivity contribution in [3.8, 4) is 0 Å². The molecule has 0 spiro atoms. The van der Waals surface area contributed by atoms with Gasteiger partial charge in [-0.2, -0.15) is 0 Å². The lowest BCUT2D eigenvalue weighted by Crippen LogP contribution is -2.32. The Morgan fingerprint density at radius 1 is 1.00 bits per heavy atom. The molecule has 186 valence electrons. The zero-order valence-electron chi connectivity index (χ0n) is 19.6. The van der Waals surface area contributed by atoms with Gasteiger partial charge in [-0.15, -0.1) is 0 Å². The fraction of sp³-hybridized carbons (Fsp3) is 0.185. The molecule has 10 heteroatoms. The van der Waals surface area contributed by atoms with Crippen LogP contribution in [0.3, 0.4) is 0 Å². The van der Waals surface area contributed by atoms with Gasteiger partial charge in [-0.1, -0.05) is 53.4 Å². The number of carbonyl (C=O) groups excluding carboxylic acids is 3. The molecule has 3 amide bonds. The highest BCUT2D eigenvalue weighted by Crippen LogP contribution is 2.53. The molecule has 1 saturated heterocycles. The van der Waals surface area contributed by atoms with Crippen molar-refractivity contribution >= 4 is 52.2 Å². The van der Waals surface area contributed by atoms with Crippen LogP contribution in [0.15, 0.2) is 87.2 Å². The summed E-state index contributed by atoms with van der Waals surface area (Å²) in [7, 11) is 0. The van der Waals surface area contributed by atoms with E-state index in [1.54, 1.807) is 42.5 Å². The molecule has 1 fully saturated rings. The summed E-state index contributed by atoms with van der Waals surface area (Å²) in [6.07, 6.45) is 1.51. The van der Waals surface area contributed by atoms with Crippen LogP contribution in [0.1, 0.15) is 22.1 Å². The number of aromatic nitrogens is 1. The normalized spacial score (nSPS) is 20.6. The first-order valence-corrected chi connectivity index (χ1v) is 13.3. The zero-order valence-corrected chi connectivity index (χ0v) is 21.3. The third-order valence-electron chi connectivity index (χ3n) is 6.52. The summed E-state index contributed by atoms with van der Waals surface area (Å²) in [5.41, 5.74) is 2.14. The number of nitrogens with zero attached hydrogens (tertiary/aromatic N) is 2. The predicted molar refractivity (Wildman–Crippen MR) is 141 cm³/mol. The number of fused-ring (bicyclic) bond motifs is 2. The molecule has 2 aliphatic heterocycles. The van der Waals surface area contributed by atoms with Gasteiger partial charge >= 0.3 is 4.87 Å². The molecule has 37 heavy (non-hydrogen) atoms. The van der Waals surface area contributed by atoms with Crippen molar-refractivity contribution in [2.75, 3.05) is 10.2 Å². The maximum Gasteiger partial charge on any atom is 0.308 e. The van der Waals surface area contributed by atoms with Crippen LogP contribution in [0.25, 0.3) is 0 Å². The predicted octanol–water partition coefficient (Wildman–Crippen LogP) is 4.25. The minimum absolute atomic E-state index is 0.210. The molecule has 4 heterocycles. The van der Waals surface area contributed by atoms with Gasteiger partial charge in [0.25, 0.3) is 0 Å². The summed E-state index contributed by atoms with van der Waals surface area (Å²) in [5, 5.41) is 2.60. The Hall–Kier alpha value is -3.89. The highest BCUT2D eigenvalue weighted by Gasteiger charge is 2.57. The van der Waals surface area contributed by atoms with E-state index in [-0.39, 0.29) is 29.1 Å². The second-order valence-electron chi connectivity index (χ2n) is 8.95. The highest BCUT2D eigenvalue weighted by molar-refractivity contribution is 8.00. The molecule has 0 radical (unpaired) electrons. The van der Waals surface area contributed by atoms with Crippen molar-refractivity contribution in [3.05, 3.63) is 98.9 Å². The van der Waals surface area contributed by atoms with Gasteiger partial charge in [0.05, 0.1) is 33.7 Å². The van der Waals surface area contributed by atoms with Crippen LogP contribution in [0.4, 0.5) is 11.4 Å². The molecule has 8 nitrogen and oxygen atoms in total. The van der Waals surface area contributed by atoms with Crippen LogP contribution in [0.5, 0.6) is 0 Å². The van der Waals surface area contributed by atoms with Crippen LogP contribution in [0.2, 0.25) is 0 Å². The quantitative estimate of drug-likeness (QED) is 0.387. The molecule has 2 aliphatic rings. The van der Waals surface area contributed by atoms with E-state index in [4.69, 9.17) is 4.42 Å². The van der Waals surface area contributed by atoms with Gasteiger partial charge in [0, 0.05) is 5.69 Å². The van der Waals surface area contributed by atoms with Crippen LogP contribution >= 0.6 is 23.1 Å². The lowest BCUT2D eigenvalue weighted by atomic mass is 9.87. The van der Waals surface area contributed by atoms with Gasteiger partial charge in [-0.3, -0.25) is 23.7 Å². The van der Waals surface area contributed by atoms with E-state index >= 15 is 0 Å². The number of hydrogen-bond acceptors (Lipinski definition) is 7. The summed E-state index contributed by atoms with van der Waals surface area (Å²) in [5.74, 6) is -1.87. The summed E-state index contributed by atoms with van der Waals surface area (Å²) >= 11 is 2.16. The standard InChI is InChI=1S/C27H21N3O5S2/c1-15-7-5-8-16(13-15)28-19(31)14-29-26-23(37-27(29)34)20(18-11-6-12-35-18)21-22(36-26)25(33)30(24(21)32)17-9-3-2-4-10-17/h2-13,20-22H,14H2,1H3,(H,28,31)/t20-,21-,22+/m0/s1. The fourth-order valence-corrected chi connectivity index (χ4v) is 7.68. The average Bonchev–Trinajstić information content (AvgIpc) is 3.57. The molecule has 0 unspecified atom stereocenters. The number of nitrogens with one attached hydrogen (secondary N) is 1. The van der Waals surface area contributed by atoms with E-state index in [9.17, 15) is 19.2 Å². The maximum atomic E-state index is 13.7. The van der Waals surface area contributed by atoms with Crippen molar-refractivity contribution in [3.63, 3.8) is 0 Å². The monoisotopic (exact) mass is 531 g/mol. The topological polar surface area (TPSA) is 102 Å². The van der Waals surface area contributed by atoms with Gasteiger partial charge in [0.1, 0.15) is 17.6 Å². The first-order chi connectivity index (χ1) is 17.9. The molecular formula is C27H21N3O5S2. The number of furan rings is 1. The molecule has 6 rings (SSSR count). The number of imide groups is 1. The van der Waals surface area contributed by atoms with E-state index in [1.807, 2.05) is 31.2 Å². The lowest BCUT2D eigenvalue weighted by molar-refractivity contribution is -0.122. The number of thioether (sulfide) groups is 1. The van der Waals surface area contributed by atoms with E-state index in [2.05, 4.69) is 5.32 Å². The highest BCUT2D eigenvalue weighted by atomic mass is 32.2. The van der Waals surface area contributed by atoms with Crippen molar-refractivity contribution in [1.82, 2.24) is 4.57 Å². The molecule has 2 aromatic carbocycles. The van der Waals surface area contributed by atoms with Gasteiger partial charge in [-0.05, 0) is 48.9 Å². The third kappa shape index (κ3) is 4.02. The number of para-hydroxylation sites is 1. The Bertz CT molecular complexity index is 1580. The number of rotatable bonds is 5. The first-order valence-electron chi connectivity index (χ1n) is 11.7. The number of carbonyl (C=O) groups is 3. The Kier molecular flexibility index (Phi) is 5.85. The summed E-state index contributed by atoms with van der Waals surface area (Å²) in [4.78, 5) is 54.8. The molecule has 0 aliphatic carbocycles. The minimum atomic E-state index is -0.754. The Morgan fingerprint density at radius 2 is 1.81 bits per heavy atom. The van der Waals surface area contributed by atoms with E-state index in [1.165, 1.54) is 27.5 Å². The zero-order chi connectivity index (χ0) is 25.7. The minimum Gasteiger partial charge on any atom is -0.469 e. The van der Waals surface area contributed by atoms with Gasteiger partial charge in [-0.25, -0.2) is 4.90 Å². The number of hydrogen-bond donors (Lipinski definition) is 1. The Labute approximate surface area is 219 Å². The van der Waals surface area contributed by atoms with E-state index in [0.29, 0.717) is 27.0 Å². The fourth-order valence-electron chi connectivity index (χ4n) is 4.93. The van der Waals surface area contributed by atoms with Gasteiger partial charge < -0.3 is 9.73 Å². The second-order valence-corrected chi connectivity index (χ2v) is 11.1. The van der Waals surface area contributed by atoms with Crippen LogP contribution in [-0.2, 0) is 20.9 Å². The number of anilines is 2. The van der Waals surface area contributed by atoms with Crippen molar-refractivity contribution in [2.45, 2.75) is 29.7 Å². The van der Waals surface area contributed by atoms with Crippen molar-refractivity contribution < 1.29 is 18.8 Å². The largest absolute Gasteiger partial charge is 0.469 e.